The van der Waals surface area contributed by atoms with Gasteiger partial charge in [-0.25, -0.2) is 13.6 Å². The molecule has 0 atom stereocenters. The topological polar surface area (TPSA) is 66.9 Å². The van der Waals surface area contributed by atoms with Gasteiger partial charge in [0.2, 0.25) is 0 Å². The molecule has 8 heteroatoms. The number of carbonyl (C=O) groups is 1. The third-order valence-electron chi connectivity index (χ3n) is 3.19. The summed E-state index contributed by atoms with van der Waals surface area (Å²) in [4.78, 5) is 20.4. The Morgan fingerprint density at radius 3 is 2.58 bits per heavy atom. The Balaban J connectivity index is 1.69. The van der Waals surface area contributed by atoms with Crippen molar-refractivity contribution in [3.05, 3.63) is 64.7 Å². The molecule has 0 bridgehead atoms. The lowest BCUT2D eigenvalue weighted by molar-refractivity contribution is 0.251. The number of benzene rings is 1. The fourth-order valence-corrected chi connectivity index (χ4v) is 2.72. The molecule has 0 aliphatic rings. The molecular weight excluding hydrogens is 334 g/mol. The molecule has 2 amide bonds. The second-order valence-electron chi connectivity index (χ2n) is 4.77. The first-order valence-electron chi connectivity index (χ1n) is 6.96. The average Bonchev–Trinajstić information content (AvgIpc) is 3.11. The number of nitrogens with zero attached hydrogens (tertiary/aromatic N) is 2. The maximum absolute atomic E-state index is 13.5. The first-order valence-corrected chi connectivity index (χ1v) is 7.91. The zero-order chi connectivity index (χ0) is 16.9. The van der Waals surface area contributed by atoms with E-state index in [1.807, 2.05) is 16.8 Å². The second-order valence-corrected chi connectivity index (χ2v) is 5.55. The molecule has 5 nitrogen and oxygen atoms in total. The number of amides is 2. The van der Waals surface area contributed by atoms with Gasteiger partial charge in [0.15, 0.2) is 0 Å². The van der Waals surface area contributed by atoms with Crippen LogP contribution in [0.2, 0.25) is 0 Å². The van der Waals surface area contributed by atoms with Gasteiger partial charge in [-0.2, -0.15) is 11.3 Å². The quantitative estimate of drug-likeness (QED) is 0.755. The summed E-state index contributed by atoms with van der Waals surface area (Å²) in [5.74, 6) is -1.69. The fraction of sp³-hybridized carbons (Fsp3) is 0.0625. The first-order chi connectivity index (χ1) is 11.6. The summed E-state index contributed by atoms with van der Waals surface area (Å²) in [5.41, 5.74) is 1.61. The van der Waals surface area contributed by atoms with Crippen LogP contribution in [0.1, 0.15) is 5.69 Å². The largest absolute Gasteiger partial charge is 0.332 e. The van der Waals surface area contributed by atoms with Crippen LogP contribution in [-0.4, -0.2) is 16.0 Å². The van der Waals surface area contributed by atoms with E-state index >= 15 is 0 Å². The van der Waals surface area contributed by atoms with Crippen LogP contribution in [-0.2, 0) is 6.54 Å². The Hall–Kier alpha value is -2.87. The number of rotatable bonds is 4. The van der Waals surface area contributed by atoms with Gasteiger partial charge < -0.3 is 10.6 Å². The van der Waals surface area contributed by atoms with Gasteiger partial charge in [0.05, 0.1) is 17.9 Å². The Kier molecular flexibility index (Phi) is 4.76. The van der Waals surface area contributed by atoms with Crippen LogP contribution in [0.25, 0.3) is 11.3 Å². The van der Waals surface area contributed by atoms with Gasteiger partial charge in [0, 0.05) is 23.3 Å². The van der Waals surface area contributed by atoms with Crippen molar-refractivity contribution in [1.29, 1.82) is 0 Å². The van der Waals surface area contributed by atoms with Crippen molar-refractivity contribution >= 4 is 23.1 Å². The number of halogens is 2. The molecule has 0 saturated carbocycles. The van der Waals surface area contributed by atoms with E-state index in [0.717, 1.165) is 17.7 Å². The molecule has 2 N–H and O–H groups in total. The van der Waals surface area contributed by atoms with Crippen LogP contribution < -0.4 is 10.6 Å². The zero-order valence-electron chi connectivity index (χ0n) is 12.3. The number of anilines is 1. The Morgan fingerprint density at radius 2 is 1.88 bits per heavy atom. The number of hydrogen-bond donors (Lipinski definition) is 2. The number of para-hydroxylation sites is 1. The van der Waals surface area contributed by atoms with E-state index in [9.17, 15) is 13.6 Å². The van der Waals surface area contributed by atoms with E-state index in [1.54, 1.807) is 6.20 Å². The molecule has 3 aromatic rings. The number of nitrogens with one attached hydrogen (secondary N) is 2. The van der Waals surface area contributed by atoms with Crippen molar-refractivity contribution in [3.63, 3.8) is 0 Å². The lowest BCUT2D eigenvalue weighted by atomic mass is 10.2. The highest BCUT2D eigenvalue weighted by Crippen LogP contribution is 2.22. The second kappa shape index (κ2) is 7.14. The molecular formula is C16H12F2N4OS. The molecule has 0 radical (unpaired) electrons. The maximum atomic E-state index is 13.5. The minimum absolute atomic E-state index is 0.0704. The van der Waals surface area contributed by atoms with Crippen molar-refractivity contribution < 1.29 is 13.6 Å². The molecule has 0 aliphatic heterocycles. The van der Waals surface area contributed by atoms with E-state index in [0.29, 0.717) is 11.4 Å². The normalized spacial score (nSPS) is 10.4. The van der Waals surface area contributed by atoms with Crippen LogP contribution in [0.3, 0.4) is 0 Å². The zero-order valence-corrected chi connectivity index (χ0v) is 13.1. The highest BCUT2D eigenvalue weighted by Gasteiger charge is 2.13. The number of aromatic nitrogens is 2. The van der Waals surface area contributed by atoms with E-state index in [-0.39, 0.29) is 6.54 Å². The van der Waals surface area contributed by atoms with Gasteiger partial charge in [0.1, 0.15) is 17.3 Å². The standard InChI is InChI=1S/C16H12F2N4OS/c17-11-2-1-3-12(18)15(11)22-16(23)21-8-13-14(20-6-5-19-13)10-4-7-24-9-10/h1-7,9H,8H2,(H2,21,22,23). The SMILES string of the molecule is O=C(NCc1nccnc1-c1ccsc1)Nc1c(F)cccc1F. The van der Waals surface area contributed by atoms with Crippen molar-refractivity contribution in [2.75, 3.05) is 5.32 Å². The van der Waals surface area contributed by atoms with E-state index in [4.69, 9.17) is 0 Å². The van der Waals surface area contributed by atoms with Crippen molar-refractivity contribution in [2.24, 2.45) is 0 Å². The fourth-order valence-electron chi connectivity index (χ4n) is 2.08. The molecule has 3 rings (SSSR count). The lowest BCUT2D eigenvalue weighted by Crippen LogP contribution is -2.29. The van der Waals surface area contributed by atoms with E-state index < -0.39 is 23.4 Å². The third-order valence-corrected chi connectivity index (χ3v) is 3.87. The van der Waals surface area contributed by atoms with Crippen LogP contribution in [0.15, 0.2) is 47.4 Å². The average molecular weight is 346 g/mol. The minimum atomic E-state index is -0.844. The molecule has 0 fully saturated rings. The summed E-state index contributed by atoms with van der Waals surface area (Å²) in [7, 11) is 0. The van der Waals surface area contributed by atoms with Gasteiger partial charge in [-0.15, -0.1) is 0 Å². The molecule has 2 heterocycles. The van der Waals surface area contributed by atoms with E-state index in [2.05, 4.69) is 20.6 Å². The smallest absolute Gasteiger partial charge is 0.319 e. The Labute approximate surface area is 140 Å². The van der Waals surface area contributed by atoms with Gasteiger partial charge in [-0.1, -0.05) is 6.07 Å². The highest BCUT2D eigenvalue weighted by molar-refractivity contribution is 7.08. The van der Waals surface area contributed by atoms with E-state index in [1.165, 1.54) is 23.6 Å². The highest BCUT2D eigenvalue weighted by atomic mass is 32.1. The molecule has 2 aromatic heterocycles. The monoisotopic (exact) mass is 346 g/mol. The number of thiophene rings is 1. The third kappa shape index (κ3) is 3.54. The van der Waals surface area contributed by atoms with Crippen LogP contribution in [0.4, 0.5) is 19.3 Å². The van der Waals surface area contributed by atoms with Gasteiger partial charge >= 0.3 is 6.03 Å². The molecule has 0 aliphatic carbocycles. The number of carbonyl (C=O) groups excluding carboxylic acids is 1. The molecule has 0 spiro atoms. The Bertz CT molecular complexity index is 835. The van der Waals surface area contributed by atoms with Crippen molar-refractivity contribution in [2.45, 2.75) is 6.54 Å². The maximum Gasteiger partial charge on any atom is 0.319 e. The summed E-state index contributed by atoms with van der Waals surface area (Å²) in [6, 6.07) is 4.51. The van der Waals surface area contributed by atoms with Gasteiger partial charge in [-0.3, -0.25) is 9.97 Å². The molecule has 24 heavy (non-hydrogen) atoms. The van der Waals surface area contributed by atoms with Crippen LogP contribution in [0.5, 0.6) is 0 Å². The molecule has 0 unspecified atom stereocenters. The summed E-state index contributed by atoms with van der Waals surface area (Å²) < 4.78 is 27.0. The lowest BCUT2D eigenvalue weighted by Gasteiger charge is -2.10. The molecule has 1 aromatic carbocycles. The summed E-state index contributed by atoms with van der Waals surface area (Å²) in [6.07, 6.45) is 3.08. The Morgan fingerprint density at radius 1 is 1.12 bits per heavy atom. The first kappa shape index (κ1) is 16.0. The molecule has 0 saturated heterocycles. The van der Waals surface area contributed by atoms with Crippen molar-refractivity contribution in [3.8, 4) is 11.3 Å². The predicted octanol–water partition coefficient (Wildman–Crippen LogP) is 3.81. The summed E-state index contributed by atoms with van der Waals surface area (Å²) in [6.45, 7) is 0.0704. The van der Waals surface area contributed by atoms with Crippen LogP contribution in [0, 0.1) is 11.6 Å². The number of hydrogen-bond acceptors (Lipinski definition) is 4. The summed E-state index contributed by atoms with van der Waals surface area (Å²) >= 11 is 1.52. The number of urea groups is 1. The summed E-state index contributed by atoms with van der Waals surface area (Å²) in [5, 5.41) is 8.51. The molecule has 122 valence electrons. The van der Waals surface area contributed by atoms with Crippen molar-refractivity contribution in [1.82, 2.24) is 15.3 Å². The van der Waals surface area contributed by atoms with Gasteiger partial charge in [-0.05, 0) is 23.6 Å². The van der Waals surface area contributed by atoms with Gasteiger partial charge in [0.25, 0.3) is 0 Å². The van der Waals surface area contributed by atoms with Crippen LogP contribution >= 0.6 is 11.3 Å². The predicted molar refractivity (Wildman–Crippen MR) is 87.6 cm³/mol. The minimum Gasteiger partial charge on any atom is -0.332 e.